The van der Waals surface area contributed by atoms with E-state index in [1.165, 1.54) is 37.8 Å². The SMILES string of the molecule is CC(c1ccccc1)c1ccnc(-c2[c-]ccc3c2oc2cc(-c4ccccc4)ccc23)c1.Cc1cc(-c2[c-]cc(-c3ccccc3)cc2)nc[c]1[Ge]([CH3])([CH3])[CH3].[Ir]. The first-order valence-corrected chi connectivity index (χ1v) is 26.6. The van der Waals surface area contributed by atoms with E-state index >= 15 is 0 Å². The molecule has 0 saturated heterocycles. The Balaban J connectivity index is 0.000000183. The van der Waals surface area contributed by atoms with Gasteiger partial charge in [-0.05, 0) is 40.1 Å². The number of aromatic nitrogens is 2. The summed E-state index contributed by atoms with van der Waals surface area (Å²) in [6, 6.07) is 61.3. The van der Waals surface area contributed by atoms with Gasteiger partial charge >= 0.3 is 142 Å². The number of pyridine rings is 2. The first kappa shape index (κ1) is 39.8. The molecule has 0 aliphatic carbocycles. The van der Waals surface area contributed by atoms with Crippen LogP contribution in [0.5, 0.6) is 0 Å². The van der Waals surface area contributed by atoms with Crippen LogP contribution in [0.3, 0.4) is 0 Å². The van der Waals surface area contributed by atoms with Crippen LogP contribution in [-0.2, 0) is 20.1 Å². The van der Waals surface area contributed by atoms with E-state index in [4.69, 9.17) is 9.40 Å². The largest absolute Gasteiger partial charge is 0 e. The van der Waals surface area contributed by atoms with Crippen molar-refractivity contribution in [3.05, 3.63) is 199 Å². The molecule has 3 heterocycles. The molecule has 0 N–H and O–H groups in total. The first-order valence-electron chi connectivity index (χ1n) is 19.2. The van der Waals surface area contributed by atoms with Gasteiger partial charge in [-0.25, -0.2) is 0 Å². The smallest absolute Gasteiger partial charge is 0 e. The van der Waals surface area contributed by atoms with Crippen LogP contribution in [-0.4, -0.2) is 23.2 Å². The zero-order valence-electron chi connectivity index (χ0n) is 32.9. The third-order valence-electron chi connectivity index (χ3n) is 10.5. The number of hydrogen-bond acceptors (Lipinski definition) is 3. The molecule has 283 valence electrons. The number of benzene rings is 6. The van der Waals surface area contributed by atoms with Crippen molar-refractivity contribution in [1.82, 2.24) is 9.97 Å². The van der Waals surface area contributed by atoms with Gasteiger partial charge in [0.25, 0.3) is 0 Å². The van der Waals surface area contributed by atoms with Crippen LogP contribution >= 0.6 is 0 Å². The number of rotatable bonds is 7. The van der Waals surface area contributed by atoms with Gasteiger partial charge in [0, 0.05) is 37.6 Å². The van der Waals surface area contributed by atoms with Crippen molar-refractivity contribution in [2.75, 3.05) is 0 Å². The molecular weight excluding hydrogens is 933 g/mol. The number of fused-ring (bicyclic) bond motifs is 3. The van der Waals surface area contributed by atoms with Gasteiger partial charge < -0.3 is 9.40 Å². The van der Waals surface area contributed by atoms with Gasteiger partial charge in [0.15, 0.2) is 0 Å². The number of furan rings is 1. The summed E-state index contributed by atoms with van der Waals surface area (Å²) >= 11 is -1.83. The summed E-state index contributed by atoms with van der Waals surface area (Å²) in [5.41, 5.74) is 14.1. The monoisotopic (exact) mass is 979 g/mol. The van der Waals surface area contributed by atoms with Crippen molar-refractivity contribution in [3.8, 4) is 44.8 Å². The van der Waals surface area contributed by atoms with Crippen LogP contribution in [0.25, 0.3) is 66.7 Å². The molecule has 1 unspecified atom stereocenters. The molecule has 3 aromatic heterocycles. The van der Waals surface area contributed by atoms with Gasteiger partial charge in [-0.1, -0.05) is 96.7 Å². The molecule has 0 aliphatic heterocycles. The molecule has 3 nitrogen and oxygen atoms in total. The van der Waals surface area contributed by atoms with Gasteiger partial charge in [0.2, 0.25) is 0 Å². The van der Waals surface area contributed by atoms with Gasteiger partial charge in [-0.2, -0.15) is 0 Å². The molecule has 9 rings (SSSR count). The standard InChI is InChI=1S/C31H22NO.C21H22GeN.Ir/c1-21(22-9-4-2-5-10-22)24-17-18-32-29(19-24)28-14-8-13-27-26-16-15-25(20-30(26)33-31(27)28)23-11-6-3-7-12-23;1-16-14-21(23-15-20(16)22(2,3)4)19-12-10-18(11-13-19)17-8-6-5-7-9-17;/h2-13,15-21H,1H3;5-12,14-15H,1-4H3;/q2*-1;. The Bertz CT molecular complexity index is 2740. The molecule has 0 fully saturated rings. The fourth-order valence-electron chi connectivity index (χ4n) is 7.41. The van der Waals surface area contributed by atoms with Gasteiger partial charge in [0.1, 0.15) is 5.58 Å². The average Bonchev–Trinajstić information content (AvgIpc) is 3.62. The molecule has 1 atom stereocenters. The summed E-state index contributed by atoms with van der Waals surface area (Å²) in [5.74, 6) is 7.50. The van der Waals surface area contributed by atoms with Crippen molar-refractivity contribution in [2.45, 2.75) is 37.0 Å². The van der Waals surface area contributed by atoms with E-state index in [0.717, 1.165) is 50.0 Å². The zero-order chi connectivity index (χ0) is 38.6. The summed E-state index contributed by atoms with van der Waals surface area (Å²) < 4.78 is 7.90. The summed E-state index contributed by atoms with van der Waals surface area (Å²) in [7, 11) is 0. The molecule has 1 radical (unpaired) electrons. The summed E-state index contributed by atoms with van der Waals surface area (Å²) in [6.45, 7) is 4.43. The Morgan fingerprint density at radius 2 is 1.26 bits per heavy atom. The van der Waals surface area contributed by atoms with Crippen LogP contribution in [0.2, 0.25) is 17.3 Å². The van der Waals surface area contributed by atoms with Crippen molar-refractivity contribution in [3.63, 3.8) is 0 Å². The van der Waals surface area contributed by atoms with E-state index in [0.29, 0.717) is 0 Å². The molecule has 0 aliphatic rings. The third kappa shape index (κ3) is 8.80. The van der Waals surface area contributed by atoms with Gasteiger partial charge in [-0.3, -0.25) is 0 Å². The van der Waals surface area contributed by atoms with Crippen LogP contribution in [0, 0.1) is 19.1 Å². The topological polar surface area (TPSA) is 38.9 Å². The minimum Gasteiger partial charge on any atom is 0 e. The Morgan fingerprint density at radius 1 is 0.596 bits per heavy atom. The summed E-state index contributed by atoms with van der Waals surface area (Å²) in [6.07, 6.45) is 3.97. The van der Waals surface area contributed by atoms with Crippen molar-refractivity contribution >= 4 is 39.6 Å². The van der Waals surface area contributed by atoms with E-state index in [-0.39, 0.29) is 26.0 Å². The van der Waals surface area contributed by atoms with Gasteiger partial charge in [-0.15, -0.1) is 18.2 Å². The number of aryl methyl sites for hydroxylation is 1. The fourth-order valence-corrected chi connectivity index (χ4v) is 11.0. The predicted molar refractivity (Wildman–Crippen MR) is 237 cm³/mol. The molecule has 0 spiro atoms. The van der Waals surface area contributed by atoms with E-state index in [1.54, 1.807) is 0 Å². The molecule has 57 heavy (non-hydrogen) atoms. The molecule has 6 aromatic carbocycles. The molecule has 0 amide bonds. The minimum atomic E-state index is -1.83. The average molecular weight is 978 g/mol. The Labute approximate surface area is 352 Å². The normalized spacial score (nSPS) is 11.7. The summed E-state index contributed by atoms with van der Waals surface area (Å²) in [4.78, 5) is 9.37. The van der Waals surface area contributed by atoms with Crippen LogP contribution in [0.15, 0.2) is 175 Å². The minimum absolute atomic E-state index is 0. The first-order chi connectivity index (χ1) is 27.2. The van der Waals surface area contributed by atoms with Crippen molar-refractivity contribution in [1.29, 1.82) is 0 Å². The Morgan fingerprint density at radius 3 is 1.91 bits per heavy atom. The number of hydrogen-bond donors (Lipinski definition) is 0. The molecule has 0 bridgehead atoms. The van der Waals surface area contributed by atoms with E-state index in [2.05, 4.69) is 194 Å². The molecule has 0 saturated carbocycles. The van der Waals surface area contributed by atoms with Crippen LogP contribution < -0.4 is 4.40 Å². The second-order valence-electron chi connectivity index (χ2n) is 15.4. The Hall–Kier alpha value is -5.39. The fraction of sp³-hybridized carbons (Fsp3) is 0.115. The molecule has 9 aromatic rings. The molecule has 5 heteroatoms. The predicted octanol–water partition coefficient (Wildman–Crippen LogP) is 13.3. The third-order valence-corrected chi connectivity index (χ3v) is 15.0. The van der Waals surface area contributed by atoms with E-state index < -0.39 is 13.3 Å². The number of nitrogens with zero attached hydrogens (tertiary/aromatic N) is 2. The quantitative estimate of drug-likeness (QED) is 0.118. The second-order valence-corrected chi connectivity index (χ2v) is 25.9. The zero-order valence-corrected chi connectivity index (χ0v) is 37.4. The van der Waals surface area contributed by atoms with Crippen molar-refractivity contribution < 1.29 is 24.5 Å². The van der Waals surface area contributed by atoms with Gasteiger partial charge in [0.05, 0.1) is 5.58 Å². The van der Waals surface area contributed by atoms with Crippen molar-refractivity contribution in [2.24, 2.45) is 0 Å². The maximum atomic E-state index is 6.41. The Kier molecular flexibility index (Phi) is 12.2. The molecular formula is C52H44GeIrN2O-2. The van der Waals surface area contributed by atoms with E-state index in [9.17, 15) is 0 Å². The maximum Gasteiger partial charge on any atom is 0 e. The van der Waals surface area contributed by atoms with E-state index in [1.807, 2.05) is 24.4 Å². The second kappa shape index (κ2) is 17.4. The van der Waals surface area contributed by atoms with Crippen LogP contribution in [0.4, 0.5) is 0 Å². The van der Waals surface area contributed by atoms with Crippen LogP contribution in [0.1, 0.15) is 29.5 Å². The maximum absolute atomic E-state index is 6.41. The summed E-state index contributed by atoms with van der Waals surface area (Å²) in [5, 5.41) is 2.19.